The third-order valence-corrected chi connectivity index (χ3v) is 6.86. The molecule has 2 aliphatic rings. The van der Waals surface area contributed by atoms with Crippen LogP contribution in [0.2, 0.25) is 0 Å². The van der Waals surface area contributed by atoms with Crippen LogP contribution in [-0.2, 0) is 21.2 Å². The van der Waals surface area contributed by atoms with Crippen molar-refractivity contribution in [1.82, 2.24) is 4.31 Å². The summed E-state index contributed by atoms with van der Waals surface area (Å²) in [4.78, 5) is 13.1. The highest BCUT2D eigenvalue weighted by Crippen LogP contribution is 2.35. The van der Waals surface area contributed by atoms with Crippen LogP contribution in [0.15, 0.2) is 58.6 Å². The predicted molar refractivity (Wildman–Crippen MR) is 121 cm³/mol. The number of alkyl halides is 3. The summed E-state index contributed by atoms with van der Waals surface area (Å²) in [5.41, 5.74) is 0.00570. The Labute approximate surface area is 195 Å². The van der Waals surface area contributed by atoms with Crippen LogP contribution < -0.4 is 10.1 Å². The standard InChI is InChI=1S/C23H22F3N3O4S/c1-14-10-16(8-9-21(14)33-2)19-12-20(29(13-15-6-7-15)34(31,32)28-19)22(30)27-18-5-3-4-17(11-18)23(24,25)26/h3-5,8-12,15H,6-7,13H2,1-2H3,(H,27,30). The average molecular weight is 494 g/mol. The van der Waals surface area contributed by atoms with Gasteiger partial charge in [0.25, 0.3) is 5.91 Å². The van der Waals surface area contributed by atoms with Crippen molar-refractivity contribution in [2.45, 2.75) is 25.9 Å². The number of hydrogen-bond donors (Lipinski definition) is 1. The molecule has 0 spiro atoms. The third-order valence-electron chi connectivity index (χ3n) is 5.53. The molecule has 4 rings (SSSR count). The molecular weight excluding hydrogens is 471 g/mol. The summed E-state index contributed by atoms with van der Waals surface area (Å²) in [6.45, 7) is 1.85. The van der Waals surface area contributed by atoms with Gasteiger partial charge in [-0.25, -0.2) is 4.31 Å². The number of benzene rings is 2. The minimum atomic E-state index is -4.59. The third kappa shape index (κ3) is 5.09. The van der Waals surface area contributed by atoms with Gasteiger partial charge >= 0.3 is 16.4 Å². The lowest BCUT2D eigenvalue weighted by Gasteiger charge is -2.27. The Kier molecular flexibility index (Phi) is 6.15. The molecule has 1 amide bonds. The van der Waals surface area contributed by atoms with Crippen LogP contribution in [0, 0.1) is 12.8 Å². The number of amides is 1. The van der Waals surface area contributed by atoms with Crippen molar-refractivity contribution in [2.24, 2.45) is 10.3 Å². The fraction of sp³-hybridized carbons (Fsp3) is 0.304. The fourth-order valence-corrected chi connectivity index (χ4v) is 4.86. The van der Waals surface area contributed by atoms with Gasteiger partial charge in [-0.1, -0.05) is 6.07 Å². The normalized spacial score (nSPS) is 17.6. The summed E-state index contributed by atoms with van der Waals surface area (Å²) in [6, 6.07) is 9.11. The monoisotopic (exact) mass is 493 g/mol. The van der Waals surface area contributed by atoms with E-state index in [0.29, 0.717) is 11.3 Å². The highest BCUT2D eigenvalue weighted by molar-refractivity contribution is 7.88. The number of carbonyl (C=O) groups excluding carboxylic acids is 1. The molecule has 0 atom stereocenters. The van der Waals surface area contributed by atoms with Crippen molar-refractivity contribution in [3.63, 3.8) is 0 Å². The number of hydrogen-bond acceptors (Lipinski definition) is 4. The largest absolute Gasteiger partial charge is 0.496 e. The topological polar surface area (TPSA) is 88.1 Å². The Morgan fingerprint density at radius 3 is 2.56 bits per heavy atom. The number of aryl methyl sites for hydroxylation is 1. The second-order valence-electron chi connectivity index (χ2n) is 8.18. The molecule has 0 radical (unpaired) electrons. The first-order valence-corrected chi connectivity index (χ1v) is 11.9. The van der Waals surface area contributed by atoms with Crippen molar-refractivity contribution in [2.75, 3.05) is 19.0 Å². The summed E-state index contributed by atoms with van der Waals surface area (Å²) in [5.74, 6) is -0.148. The van der Waals surface area contributed by atoms with Crippen molar-refractivity contribution >= 4 is 27.5 Å². The molecule has 1 aliphatic carbocycles. The predicted octanol–water partition coefficient (Wildman–Crippen LogP) is 4.30. The first-order chi connectivity index (χ1) is 16.0. The molecule has 34 heavy (non-hydrogen) atoms. The number of allylic oxidation sites excluding steroid dienone is 1. The maximum absolute atomic E-state index is 13.1. The number of rotatable bonds is 6. The van der Waals surface area contributed by atoms with Gasteiger partial charge in [0.05, 0.1) is 18.4 Å². The molecule has 0 aromatic heterocycles. The molecule has 1 N–H and O–H groups in total. The van der Waals surface area contributed by atoms with E-state index in [2.05, 4.69) is 9.71 Å². The number of nitrogens with zero attached hydrogens (tertiary/aromatic N) is 2. The molecule has 1 fully saturated rings. The summed E-state index contributed by atoms with van der Waals surface area (Å²) >= 11 is 0. The van der Waals surface area contributed by atoms with E-state index in [-0.39, 0.29) is 29.6 Å². The molecule has 1 aliphatic heterocycles. The highest BCUT2D eigenvalue weighted by Gasteiger charge is 2.37. The first-order valence-electron chi connectivity index (χ1n) is 10.5. The van der Waals surface area contributed by atoms with Gasteiger partial charge in [-0.2, -0.15) is 21.6 Å². The first kappa shape index (κ1) is 23.8. The average Bonchev–Trinajstić information content (AvgIpc) is 3.58. The lowest BCUT2D eigenvalue weighted by Crippen LogP contribution is -2.39. The van der Waals surface area contributed by atoms with E-state index >= 15 is 0 Å². The lowest BCUT2D eigenvalue weighted by molar-refractivity contribution is -0.137. The van der Waals surface area contributed by atoms with Gasteiger partial charge in [-0.05, 0) is 73.7 Å². The van der Waals surface area contributed by atoms with Gasteiger partial charge in [0.1, 0.15) is 11.4 Å². The van der Waals surface area contributed by atoms with E-state index < -0.39 is 27.9 Å². The molecule has 1 saturated carbocycles. The van der Waals surface area contributed by atoms with E-state index in [1.54, 1.807) is 25.1 Å². The van der Waals surface area contributed by atoms with Crippen molar-refractivity contribution < 1.29 is 31.1 Å². The van der Waals surface area contributed by atoms with E-state index in [1.807, 2.05) is 0 Å². The van der Waals surface area contributed by atoms with Gasteiger partial charge in [-0.3, -0.25) is 4.79 Å². The number of ether oxygens (including phenoxy) is 1. The maximum atomic E-state index is 13.1. The number of anilines is 1. The van der Waals surface area contributed by atoms with Crippen molar-refractivity contribution in [1.29, 1.82) is 0 Å². The minimum absolute atomic E-state index is 0.0481. The summed E-state index contributed by atoms with van der Waals surface area (Å²) < 4.78 is 75.3. The Morgan fingerprint density at radius 2 is 1.94 bits per heavy atom. The quantitative estimate of drug-likeness (QED) is 0.650. The van der Waals surface area contributed by atoms with Crippen LogP contribution in [0.4, 0.5) is 18.9 Å². The van der Waals surface area contributed by atoms with E-state index in [0.717, 1.165) is 34.8 Å². The van der Waals surface area contributed by atoms with Crippen LogP contribution in [0.5, 0.6) is 5.75 Å². The van der Waals surface area contributed by atoms with E-state index in [1.165, 1.54) is 25.3 Å². The Hall–Kier alpha value is -3.34. The Morgan fingerprint density at radius 1 is 1.21 bits per heavy atom. The fourth-order valence-electron chi connectivity index (χ4n) is 3.57. The van der Waals surface area contributed by atoms with Crippen LogP contribution in [0.25, 0.3) is 0 Å². The Balaban J connectivity index is 1.71. The summed E-state index contributed by atoms with van der Waals surface area (Å²) in [5, 5.41) is 2.40. The second-order valence-corrected chi connectivity index (χ2v) is 9.69. The van der Waals surface area contributed by atoms with Gasteiger partial charge in [0, 0.05) is 17.8 Å². The number of nitrogens with one attached hydrogen (secondary N) is 1. The minimum Gasteiger partial charge on any atom is -0.496 e. The number of methoxy groups -OCH3 is 1. The lowest BCUT2D eigenvalue weighted by atomic mass is 10.1. The van der Waals surface area contributed by atoms with Crippen LogP contribution in [0.1, 0.15) is 29.5 Å². The zero-order valence-electron chi connectivity index (χ0n) is 18.4. The second kappa shape index (κ2) is 8.79. The molecule has 2 aromatic rings. The van der Waals surface area contributed by atoms with Gasteiger partial charge < -0.3 is 10.1 Å². The number of halogens is 3. The molecule has 11 heteroatoms. The van der Waals surface area contributed by atoms with Gasteiger partial charge in [0.2, 0.25) is 0 Å². The number of carbonyl (C=O) groups is 1. The van der Waals surface area contributed by atoms with Crippen LogP contribution in [-0.4, -0.2) is 38.0 Å². The molecule has 0 saturated heterocycles. The summed E-state index contributed by atoms with van der Waals surface area (Å²) in [6.07, 6.45) is -1.60. The molecule has 7 nitrogen and oxygen atoms in total. The van der Waals surface area contributed by atoms with Gasteiger partial charge in [0.15, 0.2) is 0 Å². The van der Waals surface area contributed by atoms with E-state index in [9.17, 15) is 26.4 Å². The van der Waals surface area contributed by atoms with Crippen LogP contribution in [0.3, 0.4) is 0 Å². The molecule has 0 unspecified atom stereocenters. The smallest absolute Gasteiger partial charge is 0.416 e. The Bertz CT molecular complexity index is 1300. The summed E-state index contributed by atoms with van der Waals surface area (Å²) in [7, 11) is -2.73. The van der Waals surface area contributed by atoms with Crippen molar-refractivity contribution in [3.05, 3.63) is 70.9 Å². The molecule has 2 aromatic carbocycles. The molecular formula is C23H22F3N3O4S. The highest BCUT2D eigenvalue weighted by atomic mass is 32.2. The molecule has 1 heterocycles. The van der Waals surface area contributed by atoms with Crippen LogP contribution >= 0.6 is 0 Å². The molecule has 180 valence electrons. The van der Waals surface area contributed by atoms with Crippen molar-refractivity contribution in [3.8, 4) is 5.75 Å². The van der Waals surface area contributed by atoms with E-state index in [4.69, 9.17) is 4.74 Å². The van der Waals surface area contributed by atoms with Gasteiger partial charge in [-0.15, -0.1) is 4.40 Å². The maximum Gasteiger partial charge on any atom is 0.416 e. The zero-order chi connectivity index (χ0) is 24.7. The zero-order valence-corrected chi connectivity index (χ0v) is 19.2. The SMILES string of the molecule is COc1ccc(C2=NS(=O)(=O)N(CC3CC3)C(C(=O)Nc3cccc(C(F)(F)F)c3)=C2)cc1C. The molecule has 0 bridgehead atoms.